The molecule has 11 N–H and O–H groups in total. The van der Waals surface area contributed by atoms with Crippen molar-refractivity contribution in [3.8, 4) is 0 Å². The topological polar surface area (TPSA) is 320 Å². The summed E-state index contributed by atoms with van der Waals surface area (Å²) in [6, 6.07) is -5.96. The fraction of sp³-hybridized carbons (Fsp3) is 0.750. The van der Waals surface area contributed by atoms with E-state index in [1.165, 1.54) is 11.8 Å². The lowest BCUT2D eigenvalue weighted by Gasteiger charge is -2.28. The average Bonchev–Trinajstić information content (AvgIpc) is 4.01. The Morgan fingerprint density at radius 2 is 1.24 bits per heavy atom. The SMILES string of the molecule is CC(C)C[C@H](NC(=O)CNC(=O)[C@H](CC(C)C)NC(=O)[C@H](CCC(N)=O)NC(=O)CNC(=O)[C@@H]1C[C@@H](O)CN1)C(=O)N[C@@H](C)C(=O)NCC(=O)N1CCC[C@H]1C(=O)N1CCCC1. The van der Waals surface area contributed by atoms with Crippen molar-refractivity contribution in [2.75, 3.05) is 45.8 Å². The van der Waals surface area contributed by atoms with Gasteiger partial charge in [0.1, 0.15) is 30.2 Å². The van der Waals surface area contributed by atoms with Crippen LogP contribution in [0.15, 0.2) is 0 Å². The highest BCUT2D eigenvalue weighted by Crippen LogP contribution is 2.21. The minimum Gasteiger partial charge on any atom is -0.392 e. The van der Waals surface area contributed by atoms with Crippen LogP contribution < -0.4 is 48.3 Å². The van der Waals surface area contributed by atoms with Crippen LogP contribution in [-0.4, -0.2) is 162 Å². The third-order valence-electron chi connectivity index (χ3n) is 10.7. The van der Waals surface area contributed by atoms with E-state index < -0.39 is 109 Å². The number of rotatable bonds is 23. The number of primary amides is 1. The van der Waals surface area contributed by atoms with Crippen molar-refractivity contribution in [2.45, 2.75) is 135 Å². The number of nitrogens with one attached hydrogen (secondary N) is 8. The van der Waals surface area contributed by atoms with E-state index in [-0.39, 0.29) is 62.9 Å². The molecule has 7 atom stereocenters. The summed E-state index contributed by atoms with van der Waals surface area (Å²) in [4.78, 5) is 132. The first-order valence-corrected chi connectivity index (χ1v) is 21.6. The third-order valence-corrected chi connectivity index (χ3v) is 10.7. The number of amides is 10. The minimum absolute atomic E-state index is 0.0774. The Bertz CT molecular complexity index is 1640. The first-order chi connectivity index (χ1) is 29.2. The van der Waals surface area contributed by atoms with Gasteiger partial charge in [0.2, 0.25) is 59.1 Å². The van der Waals surface area contributed by atoms with Crippen molar-refractivity contribution in [1.82, 2.24) is 52.3 Å². The maximum Gasteiger partial charge on any atom is 0.245 e. The van der Waals surface area contributed by atoms with E-state index >= 15 is 0 Å². The predicted octanol–water partition coefficient (Wildman–Crippen LogP) is -4.01. The van der Waals surface area contributed by atoms with Gasteiger partial charge in [-0.15, -0.1) is 0 Å². The van der Waals surface area contributed by atoms with Crippen LogP contribution in [0, 0.1) is 11.8 Å². The summed E-state index contributed by atoms with van der Waals surface area (Å²) in [5.74, 6) is -6.34. The first-order valence-electron chi connectivity index (χ1n) is 21.6. The summed E-state index contributed by atoms with van der Waals surface area (Å²) in [5, 5.41) is 30.1. The molecule has 0 aromatic carbocycles. The van der Waals surface area contributed by atoms with Crippen LogP contribution in [-0.2, 0) is 47.9 Å². The molecule has 0 unspecified atom stereocenters. The highest BCUT2D eigenvalue weighted by molar-refractivity contribution is 5.97. The highest BCUT2D eigenvalue weighted by atomic mass is 16.3. The number of nitrogens with zero attached hydrogens (tertiary/aromatic N) is 2. The number of likely N-dealkylation sites (tertiary alicyclic amines) is 2. The summed E-state index contributed by atoms with van der Waals surface area (Å²) >= 11 is 0. The summed E-state index contributed by atoms with van der Waals surface area (Å²) in [5.41, 5.74) is 5.28. The summed E-state index contributed by atoms with van der Waals surface area (Å²) < 4.78 is 0. The Hall–Kier alpha value is -5.38. The summed E-state index contributed by atoms with van der Waals surface area (Å²) in [7, 11) is 0. The monoisotopic (exact) mass is 878 g/mol. The molecule has 0 saturated carbocycles. The molecule has 0 spiro atoms. The fourth-order valence-electron chi connectivity index (χ4n) is 7.49. The highest BCUT2D eigenvalue weighted by Gasteiger charge is 2.37. The molecule has 3 aliphatic rings. The van der Waals surface area contributed by atoms with Gasteiger partial charge in [-0.3, -0.25) is 47.9 Å². The zero-order chi connectivity index (χ0) is 46.1. The molecule has 0 aliphatic carbocycles. The summed E-state index contributed by atoms with van der Waals surface area (Å²) in [6.45, 7) is 9.17. The fourth-order valence-corrected chi connectivity index (χ4v) is 7.49. The number of aliphatic hydroxyl groups excluding tert-OH is 1. The summed E-state index contributed by atoms with van der Waals surface area (Å²) in [6.07, 6.45) is 2.35. The minimum atomic E-state index is -1.32. The van der Waals surface area contributed by atoms with Gasteiger partial charge in [0.25, 0.3) is 0 Å². The zero-order valence-corrected chi connectivity index (χ0v) is 36.5. The first kappa shape index (κ1) is 51.0. The van der Waals surface area contributed by atoms with Crippen LogP contribution in [0.5, 0.6) is 0 Å². The molecule has 3 heterocycles. The van der Waals surface area contributed by atoms with Crippen LogP contribution in [0.25, 0.3) is 0 Å². The molecule has 0 aromatic heterocycles. The van der Waals surface area contributed by atoms with E-state index in [1.807, 2.05) is 13.8 Å². The van der Waals surface area contributed by atoms with E-state index in [4.69, 9.17) is 5.73 Å². The van der Waals surface area contributed by atoms with Gasteiger partial charge < -0.3 is 63.2 Å². The van der Waals surface area contributed by atoms with Gasteiger partial charge in [0.15, 0.2) is 0 Å². The van der Waals surface area contributed by atoms with Gasteiger partial charge in [0.05, 0.1) is 31.8 Å². The molecule has 0 radical (unpaired) electrons. The third kappa shape index (κ3) is 16.8. The Morgan fingerprint density at radius 1 is 0.677 bits per heavy atom. The Kier molecular flexibility index (Phi) is 20.5. The zero-order valence-electron chi connectivity index (χ0n) is 36.5. The lowest BCUT2D eigenvalue weighted by molar-refractivity contribution is -0.143. The molecular weight excluding hydrogens is 811 g/mol. The Balaban J connectivity index is 1.53. The molecule has 22 heteroatoms. The van der Waals surface area contributed by atoms with Crippen LogP contribution in [0.1, 0.15) is 92.4 Å². The van der Waals surface area contributed by atoms with E-state index in [0.717, 1.165) is 12.8 Å². The number of carbonyl (C=O) groups excluding carboxylic acids is 10. The number of hydrogen-bond donors (Lipinski definition) is 10. The van der Waals surface area contributed by atoms with Crippen molar-refractivity contribution in [3.63, 3.8) is 0 Å². The largest absolute Gasteiger partial charge is 0.392 e. The van der Waals surface area contributed by atoms with Crippen molar-refractivity contribution in [3.05, 3.63) is 0 Å². The molecule has 3 saturated heterocycles. The predicted molar refractivity (Wildman–Crippen MR) is 223 cm³/mol. The number of hydrogen-bond acceptors (Lipinski definition) is 12. The Labute approximate surface area is 362 Å². The average molecular weight is 878 g/mol. The smallest absolute Gasteiger partial charge is 0.245 e. The number of β-amino-alcohol motifs (C(OH)–C–C–N with tert-alkyl or cyclic N) is 1. The molecule has 0 bridgehead atoms. The van der Waals surface area contributed by atoms with Crippen molar-refractivity contribution in [1.29, 1.82) is 0 Å². The van der Waals surface area contributed by atoms with E-state index in [9.17, 15) is 53.1 Å². The van der Waals surface area contributed by atoms with E-state index in [0.29, 0.717) is 32.5 Å². The van der Waals surface area contributed by atoms with Gasteiger partial charge in [0, 0.05) is 32.6 Å². The van der Waals surface area contributed by atoms with Crippen LogP contribution in [0.3, 0.4) is 0 Å². The van der Waals surface area contributed by atoms with Gasteiger partial charge >= 0.3 is 0 Å². The quantitative estimate of drug-likeness (QED) is 0.0470. The van der Waals surface area contributed by atoms with Crippen LogP contribution in [0.4, 0.5) is 0 Å². The lowest BCUT2D eigenvalue weighted by Crippen LogP contribution is -2.57. The maximum absolute atomic E-state index is 13.4. The van der Waals surface area contributed by atoms with Crippen molar-refractivity contribution in [2.24, 2.45) is 17.6 Å². The normalized spacial score (nSPS) is 20.4. The lowest BCUT2D eigenvalue weighted by atomic mass is 10.0. The molecule has 0 aromatic rings. The molecule has 348 valence electrons. The van der Waals surface area contributed by atoms with Gasteiger partial charge in [-0.1, -0.05) is 27.7 Å². The second-order valence-corrected chi connectivity index (χ2v) is 17.1. The van der Waals surface area contributed by atoms with Gasteiger partial charge in [-0.25, -0.2) is 0 Å². The number of carbonyl (C=O) groups is 10. The maximum atomic E-state index is 13.4. The van der Waals surface area contributed by atoms with Crippen LogP contribution in [0.2, 0.25) is 0 Å². The second kappa shape index (κ2) is 24.9. The molecule has 3 aliphatic heterocycles. The van der Waals surface area contributed by atoms with Gasteiger partial charge in [-0.05, 0) is 70.1 Å². The molecule has 10 amide bonds. The standard InChI is InChI=1S/C40H67N11O11/c1-22(2)15-28(49-38(60)26(10-11-31(41)53)47-32(54)19-43-36(58)27-17-25(52)18-42-27)37(59)44-20-33(55)48-29(16-23(3)4)39(61)46-24(5)35(57)45-21-34(56)51-14-8-9-30(51)40(62)50-12-6-7-13-50/h22-30,42,52H,6-21H2,1-5H3,(H2,41,53)(H,43,58)(H,44,59)(H,45,57)(H,46,61)(H,47,54)(H,48,55)(H,49,60)/t24-,25+,26-,27-,28-,29-,30-/m0/s1. The Morgan fingerprint density at radius 3 is 1.82 bits per heavy atom. The molecule has 3 rings (SSSR count). The molecule has 22 nitrogen and oxygen atoms in total. The number of nitrogens with two attached hydrogens (primary N) is 1. The van der Waals surface area contributed by atoms with Crippen LogP contribution >= 0.6 is 0 Å². The molecule has 3 fully saturated rings. The van der Waals surface area contributed by atoms with Crippen molar-refractivity contribution >= 4 is 59.1 Å². The second-order valence-electron chi connectivity index (χ2n) is 17.1. The molecule has 62 heavy (non-hydrogen) atoms. The molecular formula is C40H67N11O11. The van der Waals surface area contributed by atoms with Gasteiger partial charge in [-0.2, -0.15) is 0 Å². The van der Waals surface area contributed by atoms with Crippen molar-refractivity contribution < 1.29 is 53.1 Å². The number of aliphatic hydroxyl groups is 1. The van der Waals surface area contributed by atoms with E-state index in [1.54, 1.807) is 18.7 Å². The van der Waals surface area contributed by atoms with E-state index in [2.05, 4.69) is 42.5 Å².